The normalized spacial score (nSPS) is 11.0. The van der Waals surface area contributed by atoms with E-state index in [9.17, 15) is 9.59 Å². The number of hydrogen-bond acceptors (Lipinski definition) is 7. The summed E-state index contributed by atoms with van der Waals surface area (Å²) in [6.07, 6.45) is 3.37. The molecule has 28 heavy (non-hydrogen) atoms. The molecule has 9 nitrogen and oxygen atoms in total. The standard InChI is InChI=1S/C18H16N6O3S/c25-16(12-28-18-21-13-4-1-2-5-14(13)27-18)19-9-11-24-17(26)7-6-15(22-24)23-10-3-8-20-23/h1-8,10H,9,11-12H2,(H,19,25). The van der Waals surface area contributed by atoms with Gasteiger partial charge < -0.3 is 9.73 Å². The molecule has 0 saturated carbocycles. The van der Waals surface area contributed by atoms with E-state index in [1.165, 1.54) is 22.5 Å². The van der Waals surface area contributed by atoms with Crippen LogP contribution in [-0.2, 0) is 11.3 Å². The van der Waals surface area contributed by atoms with Crippen molar-refractivity contribution in [3.05, 3.63) is 65.2 Å². The molecule has 4 rings (SSSR count). The first-order chi connectivity index (χ1) is 13.7. The van der Waals surface area contributed by atoms with Gasteiger partial charge in [-0.05, 0) is 24.3 Å². The number of carbonyl (C=O) groups is 1. The Balaban J connectivity index is 1.29. The summed E-state index contributed by atoms with van der Waals surface area (Å²) in [6, 6.07) is 12.2. The van der Waals surface area contributed by atoms with Crippen LogP contribution in [0.15, 0.2) is 69.3 Å². The van der Waals surface area contributed by atoms with E-state index < -0.39 is 0 Å². The summed E-state index contributed by atoms with van der Waals surface area (Å²) in [4.78, 5) is 28.3. The number of oxazole rings is 1. The molecule has 4 aromatic rings. The molecule has 0 aliphatic carbocycles. The van der Waals surface area contributed by atoms with Gasteiger partial charge in [-0.1, -0.05) is 23.9 Å². The molecule has 0 aliphatic rings. The highest BCUT2D eigenvalue weighted by Gasteiger charge is 2.09. The van der Waals surface area contributed by atoms with E-state index >= 15 is 0 Å². The third-order valence-electron chi connectivity index (χ3n) is 3.84. The van der Waals surface area contributed by atoms with Crippen molar-refractivity contribution in [2.45, 2.75) is 11.8 Å². The molecule has 0 bridgehead atoms. The molecule has 1 aromatic carbocycles. The Hall–Kier alpha value is -3.40. The zero-order valence-electron chi connectivity index (χ0n) is 14.7. The van der Waals surface area contributed by atoms with Gasteiger partial charge in [0, 0.05) is 25.0 Å². The molecule has 0 unspecified atom stereocenters. The van der Waals surface area contributed by atoms with Crippen LogP contribution in [0.1, 0.15) is 0 Å². The number of benzene rings is 1. The molecule has 0 aliphatic heterocycles. The lowest BCUT2D eigenvalue weighted by Crippen LogP contribution is -2.33. The first-order valence-corrected chi connectivity index (χ1v) is 9.51. The van der Waals surface area contributed by atoms with E-state index in [4.69, 9.17) is 4.42 Å². The Labute approximate surface area is 163 Å². The predicted molar refractivity (Wildman–Crippen MR) is 103 cm³/mol. The number of nitrogens with one attached hydrogen (secondary N) is 1. The fourth-order valence-electron chi connectivity index (χ4n) is 2.52. The predicted octanol–water partition coefficient (Wildman–Crippen LogP) is 1.48. The van der Waals surface area contributed by atoms with Crippen LogP contribution in [0.25, 0.3) is 16.9 Å². The van der Waals surface area contributed by atoms with Crippen LogP contribution in [0, 0.1) is 0 Å². The summed E-state index contributed by atoms with van der Waals surface area (Å²) in [7, 11) is 0. The Kier molecular flexibility index (Phi) is 5.20. The smallest absolute Gasteiger partial charge is 0.266 e. The largest absolute Gasteiger partial charge is 0.431 e. The third-order valence-corrected chi connectivity index (χ3v) is 4.67. The maximum atomic E-state index is 12.0. The highest BCUT2D eigenvalue weighted by Crippen LogP contribution is 2.22. The second-order valence-electron chi connectivity index (χ2n) is 5.79. The van der Waals surface area contributed by atoms with Crippen molar-refractivity contribution in [1.82, 2.24) is 29.9 Å². The number of carbonyl (C=O) groups excluding carboxylic acids is 1. The first-order valence-electron chi connectivity index (χ1n) is 8.52. The monoisotopic (exact) mass is 396 g/mol. The van der Waals surface area contributed by atoms with Crippen LogP contribution in [0.5, 0.6) is 0 Å². The minimum Gasteiger partial charge on any atom is -0.431 e. The molecule has 142 valence electrons. The Morgan fingerprint density at radius 3 is 2.89 bits per heavy atom. The lowest BCUT2D eigenvalue weighted by atomic mass is 10.3. The van der Waals surface area contributed by atoms with Crippen LogP contribution in [0.2, 0.25) is 0 Å². The minimum atomic E-state index is -0.244. The van der Waals surface area contributed by atoms with Crippen molar-refractivity contribution in [3.8, 4) is 5.82 Å². The van der Waals surface area contributed by atoms with Gasteiger partial charge >= 0.3 is 0 Å². The van der Waals surface area contributed by atoms with Gasteiger partial charge in [-0.15, -0.1) is 5.10 Å². The molecule has 10 heteroatoms. The van der Waals surface area contributed by atoms with Crippen molar-refractivity contribution in [2.75, 3.05) is 12.3 Å². The highest BCUT2D eigenvalue weighted by molar-refractivity contribution is 7.99. The summed E-state index contributed by atoms with van der Waals surface area (Å²) in [5, 5.41) is 11.5. The van der Waals surface area contributed by atoms with Crippen LogP contribution in [0.4, 0.5) is 0 Å². The molecule has 0 saturated heterocycles. The third kappa shape index (κ3) is 4.12. The maximum Gasteiger partial charge on any atom is 0.266 e. The zero-order valence-corrected chi connectivity index (χ0v) is 15.5. The number of rotatable bonds is 7. The van der Waals surface area contributed by atoms with Gasteiger partial charge in [0.05, 0.1) is 12.3 Å². The quantitative estimate of drug-likeness (QED) is 0.471. The summed E-state index contributed by atoms with van der Waals surface area (Å²) in [5.74, 6) is 0.522. The van der Waals surface area contributed by atoms with Crippen LogP contribution >= 0.6 is 11.8 Å². The summed E-state index contributed by atoms with van der Waals surface area (Å²) in [5.41, 5.74) is 1.20. The molecule has 0 fully saturated rings. The average molecular weight is 396 g/mol. The molecule has 1 amide bonds. The van der Waals surface area contributed by atoms with E-state index in [2.05, 4.69) is 20.5 Å². The Morgan fingerprint density at radius 2 is 2.07 bits per heavy atom. The van der Waals surface area contributed by atoms with Gasteiger partial charge in [-0.25, -0.2) is 14.3 Å². The van der Waals surface area contributed by atoms with Gasteiger partial charge in [-0.2, -0.15) is 5.10 Å². The number of fused-ring (bicyclic) bond motifs is 1. The molecule has 0 spiro atoms. The lowest BCUT2D eigenvalue weighted by molar-refractivity contribution is -0.118. The Morgan fingerprint density at radius 1 is 1.18 bits per heavy atom. The minimum absolute atomic E-state index is 0.169. The molecular weight excluding hydrogens is 380 g/mol. The highest BCUT2D eigenvalue weighted by atomic mass is 32.2. The van der Waals surface area contributed by atoms with Crippen LogP contribution < -0.4 is 10.9 Å². The van der Waals surface area contributed by atoms with Crippen LogP contribution in [-0.4, -0.2) is 42.7 Å². The van der Waals surface area contributed by atoms with Crippen molar-refractivity contribution in [2.24, 2.45) is 0 Å². The van der Waals surface area contributed by atoms with E-state index in [-0.39, 0.29) is 30.3 Å². The first kappa shape index (κ1) is 18.0. The van der Waals surface area contributed by atoms with E-state index in [1.807, 2.05) is 24.3 Å². The van der Waals surface area contributed by atoms with Gasteiger partial charge in [-0.3, -0.25) is 9.59 Å². The molecular formula is C18H16N6O3S. The second-order valence-corrected chi connectivity index (χ2v) is 6.72. The van der Waals surface area contributed by atoms with Crippen molar-refractivity contribution < 1.29 is 9.21 Å². The molecule has 3 heterocycles. The topological polar surface area (TPSA) is 108 Å². The lowest BCUT2D eigenvalue weighted by Gasteiger charge is -2.08. The molecule has 3 aromatic heterocycles. The molecule has 1 N–H and O–H groups in total. The number of thioether (sulfide) groups is 1. The van der Waals surface area contributed by atoms with E-state index in [0.717, 1.165) is 5.52 Å². The fourth-order valence-corrected chi connectivity index (χ4v) is 3.19. The van der Waals surface area contributed by atoms with Gasteiger partial charge in [0.1, 0.15) is 5.52 Å². The number of hydrogen-bond donors (Lipinski definition) is 1. The van der Waals surface area contributed by atoms with Crippen molar-refractivity contribution in [3.63, 3.8) is 0 Å². The summed E-state index contributed by atoms with van der Waals surface area (Å²) >= 11 is 1.22. The van der Waals surface area contributed by atoms with Crippen molar-refractivity contribution >= 4 is 28.8 Å². The number of amides is 1. The SMILES string of the molecule is O=C(CSc1nc2ccccc2o1)NCCn1nc(-n2cccn2)ccc1=O. The second kappa shape index (κ2) is 8.09. The number of para-hydroxylation sites is 2. The van der Waals surface area contributed by atoms with E-state index in [0.29, 0.717) is 16.6 Å². The maximum absolute atomic E-state index is 12.0. The fraction of sp³-hybridized carbons (Fsp3) is 0.167. The molecule has 0 radical (unpaired) electrons. The van der Waals surface area contributed by atoms with Gasteiger partial charge in [0.25, 0.3) is 10.8 Å². The number of aromatic nitrogens is 5. The van der Waals surface area contributed by atoms with E-state index in [1.54, 1.807) is 29.2 Å². The molecule has 0 atom stereocenters. The van der Waals surface area contributed by atoms with Gasteiger partial charge in [0.15, 0.2) is 11.4 Å². The van der Waals surface area contributed by atoms with Crippen molar-refractivity contribution in [1.29, 1.82) is 0 Å². The Bertz CT molecular complexity index is 1120. The van der Waals surface area contributed by atoms with Crippen LogP contribution in [0.3, 0.4) is 0 Å². The number of nitrogens with zero attached hydrogens (tertiary/aromatic N) is 5. The zero-order chi connectivity index (χ0) is 19.3. The summed E-state index contributed by atoms with van der Waals surface area (Å²) < 4.78 is 8.42. The average Bonchev–Trinajstić information content (AvgIpc) is 3.37. The van der Waals surface area contributed by atoms with Gasteiger partial charge in [0.2, 0.25) is 5.91 Å². The summed E-state index contributed by atoms with van der Waals surface area (Å²) in [6.45, 7) is 0.537.